The minimum Gasteiger partial charge on any atom is -0.334 e. The standard InChI is InChI=1S/C18H23F3N2O/c19-18(20,21)15-7-5-6-14(12-15)17(24)23-11-2-1-8-16(23)13-22-9-3-4-10-22/h5-7,12,16H,1-4,8-11,13H2/t16-/m0/s1. The second-order valence-corrected chi connectivity index (χ2v) is 6.73. The molecule has 6 heteroatoms. The lowest BCUT2D eigenvalue weighted by Gasteiger charge is -2.38. The Hall–Kier alpha value is -1.56. The first-order valence-electron chi connectivity index (χ1n) is 8.66. The van der Waals surface area contributed by atoms with Crippen molar-refractivity contribution in [2.45, 2.75) is 44.3 Å². The van der Waals surface area contributed by atoms with Gasteiger partial charge in [0.25, 0.3) is 5.91 Å². The third-order valence-electron chi connectivity index (χ3n) is 4.99. The van der Waals surface area contributed by atoms with Crippen molar-refractivity contribution in [2.75, 3.05) is 26.2 Å². The van der Waals surface area contributed by atoms with Crippen LogP contribution in [0.15, 0.2) is 24.3 Å². The predicted octanol–water partition coefficient (Wildman–Crippen LogP) is 3.80. The first kappa shape index (κ1) is 17.3. The number of benzene rings is 1. The maximum Gasteiger partial charge on any atom is 0.416 e. The highest BCUT2D eigenvalue weighted by Gasteiger charge is 2.33. The summed E-state index contributed by atoms with van der Waals surface area (Å²) < 4.78 is 38.7. The molecule has 0 bridgehead atoms. The normalized spacial score (nSPS) is 22.8. The van der Waals surface area contributed by atoms with Crippen LogP contribution in [0, 0.1) is 0 Å². The van der Waals surface area contributed by atoms with Crippen molar-refractivity contribution in [3.05, 3.63) is 35.4 Å². The van der Waals surface area contributed by atoms with Gasteiger partial charge in [-0.15, -0.1) is 0 Å². The molecule has 0 radical (unpaired) electrons. The van der Waals surface area contributed by atoms with Crippen LogP contribution in [0.1, 0.15) is 48.0 Å². The van der Waals surface area contributed by atoms with Gasteiger partial charge in [0.1, 0.15) is 0 Å². The van der Waals surface area contributed by atoms with E-state index in [1.165, 1.54) is 25.0 Å². The Bertz CT molecular complexity index is 582. The lowest BCUT2D eigenvalue weighted by atomic mass is 9.99. The molecule has 2 fully saturated rings. The molecule has 2 heterocycles. The highest BCUT2D eigenvalue weighted by atomic mass is 19.4. The van der Waals surface area contributed by atoms with Gasteiger partial charge in [-0.3, -0.25) is 4.79 Å². The molecule has 2 aliphatic rings. The quantitative estimate of drug-likeness (QED) is 0.836. The second kappa shape index (κ2) is 7.13. The lowest BCUT2D eigenvalue weighted by Crippen LogP contribution is -2.49. The molecule has 0 aliphatic carbocycles. The minimum absolute atomic E-state index is 0.110. The van der Waals surface area contributed by atoms with Crippen molar-refractivity contribution in [1.29, 1.82) is 0 Å². The summed E-state index contributed by atoms with van der Waals surface area (Å²) in [6.07, 6.45) is 0.878. The van der Waals surface area contributed by atoms with Crippen LogP contribution in [-0.2, 0) is 6.18 Å². The molecule has 2 saturated heterocycles. The molecule has 1 amide bonds. The first-order chi connectivity index (χ1) is 11.4. The maximum absolute atomic E-state index is 12.9. The Balaban J connectivity index is 1.76. The molecule has 1 aromatic rings. The van der Waals surface area contributed by atoms with E-state index < -0.39 is 11.7 Å². The smallest absolute Gasteiger partial charge is 0.334 e. The summed E-state index contributed by atoms with van der Waals surface area (Å²) in [5.74, 6) is -0.273. The van der Waals surface area contributed by atoms with Gasteiger partial charge in [-0.2, -0.15) is 13.2 Å². The summed E-state index contributed by atoms with van der Waals surface area (Å²) in [4.78, 5) is 17.0. The SMILES string of the molecule is O=C(c1cccc(C(F)(F)F)c1)N1CCCC[C@H]1CN1CCCC1. The third kappa shape index (κ3) is 3.91. The van der Waals surface area contributed by atoms with Crippen LogP contribution in [0.25, 0.3) is 0 Å². The molecule has 24 heavy (non-hydrogen) atoms. The van der Waals surface area contributed by atoms with Crippen molar-refractivity contribution >= 4 is 5.91 Å². The van der Waals surface area contributed by atoms with Gasteiger partial charge in [0.2, 0.25) is 0 Å². The molecule has 0 aromatic heterocycles. The summed E-state index contributed by atoms with van der Waals surface area (Å²) in [5.41, 5.74) is -0.625. The Morgan fingerprint density at radius 2 is 1.79 bits per heavy atom. The Morgan fingerprint density at radius 1 is 1.08 bits per heavy atom. The van der Waals surface area contributed by atoms with Crippen molar-refractivity contribution in [3.63, 3.8) is 0 Å². The maximum atomic E-state index is 12.9. The van der Waals surface area contributed by atoms with Crippen LogP contribution in [0.2, 0.25) is 0 Å². The summed E-state index contributed by atoms with van der Waals surface area (Å²) in [5, 5.41) is 0. The van der Waals surface area contributed by atoms with Crippen molar-refractivity contribution in [2.24, 2.45) is 0 Å². The molecule has 1 aromatic carbocycles. The number of amides is 1. The predicted molar refractivity (Wildman–Crippen MR) is 85.8 cm³/mol. The average molecular weight is 340 g/mol. The number of hydrogen-bond donors (Lipinski definition) is 0. The van der Waals surface area contributed by atoms with E-state index in [0.717, 1.165) is 51.0 Å². The Kier molecular flexibility index (Phi) is 5.13. The molecule has 1 atom stereocenters. The summed E-state index contributed by atoms with van der Waals surface area (Å²) >= 11 is 0. The summed E-state index contributed by atoms with van der Waals surface area (Å²) in [6.45, 7) is 3.59. The summed E-state index contributed by atoms with van der Waals surface area (Å²) in [7, 11) is 0. The second-order valence-electron chi connectivity index (χ2n) is 6.73. The number of alkyl halides is 3. The lowest BCUT2D eigenvalue weighted by molar-refractivity contribution is -0.137. The zero-order chi connectivity index (χ0) is 17.2. The largest absolute Gasteiger partial charge is 0.416 e. The summed E-state index contributed by atoms with van der Waals surface area (Å²) in [6, 6.07) is 4.89. The third-order valence-corrected chi connectivity index (χ3v) is 4.99. The molecule has 2 aliphatic heterocycles. The highest BCUT2D eigenvalue weighted by Crippen LogP contribution is 2.30. The highest BCUT2D eigenvalue weighted by molar-refractivity contribution is 5.94. The minimum atomic E-state index is -4.42. The number of carbonyl (C=O) groups is 1. The molecule has 3 rings (SSSR count). The van der Waals surface area contributed by atoms with E-state index in [4.69, 9.17) is 0 Å². The van der Waals surface area contributed by atoms with E-state index in [-0.39, 0.29) is 17.5 Å². The molecule has 0 spiro atoms. The monoisotopic (exact) mass is 340 g/mol. The Morgan fingerprint density at radius 3 is 2.50 bits per heavy atom. The van der Waals surface area contributed by atoms with Crippen LogP contribution in [0.3, 0.4) is 0 Å². The van der Waals surface area contributed by atoms with E-state index in [1.807, 2.05) is 0 Å². The number of rotatable bonds is 3. The molecular weight excluding hydrogens is 317 g/mol. The van der Waals surface area contributed by atoms with E-state index in [9.17, 15) is 18.0 Å². The zero-order valence-corrected chi connectivity index (χ0v) is 13.7. The van der Waals surface area contributed by atoms with E-state index in [2.05, 4.69) is 4.90 Å². The van der Waals surface area contributed by atoms with Crippen molar-refractivity contribution in [3.8, 4) is 0 Å². The number of likely N-dealkylation sites (tertiary alicyclic amines) is 2. The molecule has 0 saturated carbocycles. The molecule has 0 N–H and O–H groups in total. The van der Waals surface area contributed by atoms with Crippen LogP contribution in [0.5, 0.6) is 0 Å². The molecule has 0 unspecified atom stereocenters. The number of carbonyl (C=O) groups excluding carboxylic acids is 1. The fraction of sp³-hybridized carbons (Fsp3) is 0.611. The van der Waals surface area contributed by atoms with Gasteiger partial charge >= 0.3 is 6.18 Å². The molecular formula is C18H23F3N2O. The van der Waals surface area contributed by atoms with Gasteiger partial charge in [0.15, 0.2) is 0 Å². The molecule has 132 valence electrons. The van der Waals surface area contributed by atoms with E-state index in [0.29, 0.717) is 6.54 Å². The van der Waals surface area contributed by atoms with E-state index >= 15 is 0 Å². The first-order valence-corrected chi connectivity index (χ1v) is 8.66. The van der Waals surface area contributed by atoms with Crippen molar-refractivity contribution < 1.29 is 18.0 Å². The number of nitrogens with zero attached hydrogens (tertiary/aromatic N) is 2. The van der Waals surface area contributed by atoms with Crippen LogP contribution < -0.4 is 0 Å². The van der Waals surface area contributed by atoms with Gasteiger partial charge in [0, 0.05) is 24.7 Å². The van der Waals surface area contributed by atoms with Gasteiger partial charge < -0.3 is 9.80 Å². The van der Waals surface area contributed by atoms with Crippen LogP contribution >= 0.6 is 0 Å². The number of halogens is 3. The van der Waals surface area contributed by atoms with Crippen molar-refractivity contribution in [1.82, 2.24) is 9.80 Å². The van der Waals surface area contributed by atoms with Gasteiger partial charge in [-0.05, 0) is 63.4 Å². The zero-order valence-electron chi connectivity index (χ0n) is 13.7. The topological polar surface area (TPSA) is 23.6 Å². The van der Waals surface area contributed by atoms with E-state index in [1.54, 1.807) is 4.90 Å². The van der Waals surface area contributed by atoms with Crippen LogP contribution in [0.4, 0.5) is 13.2 Å². The number of piperidine rings is 1. The van der Waals surface area contributed by atoms with Gasteiger partial charge in [-0.25, -0.2) is 0 Å². The fourth-order valence-electron chi connectivity index (χ4n) is 3.72. The van der Waals surface area contributed by atoms with Crippen LogP contribution in [-0.4, -0.2) is 47.9 Å². The fourth-order valence-corrected chi connectivity index (χ4v) is 3.72. The van der Waals surface area contributed by atoms with Gasteiger partial charge in [-0.1, -0.05) is 6.07 Å². The average Bonchev–Trinajstić information content (AvgIpc) is 3.07. The Labute approximate surface area is 140 Å². The van der Waals surface area contributed by atoms with Gasteiger partial charge in [0.05, 0.1) is 5.56 Å². The molecule has 3 nitrogen and oxygen atoms in total. The number of hydrogen-bond acceptors (Lipinski definition) is 2.